The first-order valence-corrected chi connectivity index (χ1v) is 5.44. The lowest BCUT2D eigenvalue weighted by atomic mass is 10.2. The van der Waals surface area contributed by atoms with Gasteiger partial charge in [0.1, 0.15) is 0 Å². The fourth-order valence-corrected chi connectivity index (χ4v) is 1.73. The van der Waals surface area contributed by atoms with Crippen LogP contribution in [0.15, 0.2) is 24.8 Å². The molecule has 0 fully saturated rings. The lowest BCUT2D eigenvalue weighted by molar-refractivity contribution is -0.138. The van der Waals surface area contributed by atoms with E-state index in [0.29, 0.717) is 16.5 Å². The summed E-state index contributed by atoms with van der Waals surface area (Å²) in [5.74, 6) is 0.362. The van der Waals surface area contributed by atoms with Crippen LogP contribution in [0.5, 0.6) is 0 Å². The molecule has 0 spiro atoms. The number of pyridine rings is 1. The highest BCUT2D eigenvalue weighted by molar-refractivity contribution is 5.96. The van der Waals surface area contributed by atoms with Crippen molar-refractivity contribution >= 4 is 16.7 Å². The van der Waals surface area contributed by atoms with Crippen molar-refractivity contribution in [2.45, 2.75) is 6.18 Å². The molecular weight excluding hydrogens is 273 g/mol. The normalized spacial score (nSPS) is 11.9. The summed E-state index contributed by atoms with van der Waals surface area (Å²) in [4.78, 5) is 11.4. The third kappa shape index (κ3) is 1.92. The van der Waals surface area contributed by atoms with Crippen LogP contribution in [0.3, 0.4) is 0 Å². The van der Waals surface area contributed by atoms with Crippen molar-refractivity contribution in [3.8, 4) is 11.4 Å². The van der Waals surface area contributed by atoms with Crippen LogP contribution in [-0.2, 0) is 6.18 Å². The van der Waals surface area contributed by atoms with Crippen molar-refractivity contribution in [1.29, 1.82) is 0 Å². The lowest BCUT2D eigenvalue weighted by Gasteiger charge is -2.06. The number of hydrogen-bond acceptors (Lipinski definition) is 5. The van der Waals surface area contributed by atoms with E-state index in [2.05, 4.69) is 25.1 Å². The van der Waals surface area contributed by atoms with Gasteiger partial charge in [-0.3, -0.25) is 10.1 Å². The minimum atomic E-state index is -4.47. The van der Waals surface area contributed by atoms with Gasteiger partial charge in [-0.1, -0.05) is 0 Å². The number of nitrogen functional groups attached to an aromatic ring is 1. The van der Waals surface area contributed by atoms with E-state index in [-0.39, 0.29) is 11.6 Å². The molecule has 0 amide bonds. The first-order valence-electron chi connectivity index (χ1n) is 5.44. The van der Waals surface area contributed by atoms with Crippen LogP contribution in [0.1, 0.15) is 5.56 Å². The number of fused-ring (bicyclic) bond motifs is 1. The van der Waals surface area contributed by atoms with Crippen molar-refractivity contribution in [3.63, 3.8) is 0 Å². The molecule has 0 aliphatic heterocycles. The predicted octanol–water partition coefficient (Wildman–Crippen LogP) is 2.02. The van der Waals surface area contributed by atoms with Gasteiger partial charge in [0, 0.05) is 24.8 Å². The maximum Gasteiger partial charge on any atom is 0.419 e. The Labute approximate surface area is 109 Å². The van der Waals surface area contributed by atoms with E-state index in [1.165, 1.54) is 12.4 Å². The lowest BCUT2D eigenvalue weighted by Crippen LogP contribution is -2.06. The van der Waals surface area contributed by atoms with Crippen molar-refractivity contribution in [3.05, 3.63) is 30.4 Å². The first kappa shape index (κ1) is 12.3. The highest BCUT2D eigenvalue weighted by Crippen LogP contribution is 2.30. The molecule has 0 aliphatic rings. The first-order chi connectivity index (χ1) is 9.47. The van der Waals surface area contributed by atoms with Crippen LogP contribution in [0.25, 0.3) is 22.3 Å². The van der Waals surface area contributed by atoms with E-state index < -0.39 is 11.7 Å². The minimum Gasteiger partial charge on any atom is -0.382 e. The summed E-state index contributed by atoms with van der Waals surface area (Å²) in [6.45, 7) is 0. The number of nitrogens with one attached hydrogen (secondary N) is 1. The molecule has 3 aromatic heterocycles. The molecule has 3 heterocycles. The van der Waals surface area contributed by atoms with Gasteiger partial charge in [0.15, 0.2) is 11.6 Å². The molecule has 0 atom stereocenters. The van der Waals surface area contributed by atoms with E-state index in [4.69, 9.17) is 5.73 Å². The summed E-state index contributed by atoms with van der Waals surface area (Å²) in [6, 6.07) is 0. The smallest absolute Gasteiger partial charge is 0.382 e. The van der Waals surface area contributed by atoms with E-state index >= 15 is 0 Å². The zero-order chi connectivity index (χ0) is 14.3. The molecule has 6 nitrogen and oxygen atoms in total. The SMILES string of the molecule is Nc1n[nH]c2c(-c3ncc(C(F)(F)F)cn3)cncc12. The number of H-pyrrole nitrogens is 1. The summed E-state index contributed by atoms with van der Waals surface area (Å²) < 4.78 is 37.4. The zero-order valence-electron chi connectivity index (χ0n) is 9.81. The number of aromatic nitrogens is 5. The van der Waals surface area contributed by atoms with Crippen molar-refractivity contribution < 1.29 is 13.2 Å². The second kappa shape index (κ2) is 4.15. The van der Waals surface area contributed by atoms with Gasteiger partial charge in [-0.05, 0) is 0 Å². The number of nitrogens with two attached hydrogens (primary N) is 1. The largest absolute Gasteiger partial charge is 0.419 e. The molecule has 3 N–H and O–H groups in total. The monoisotopic (exact) mass is 280 g/mol. The number of rotatable bonds is 1. The highest BCUT2D eigenvalue weighted by atomic mass is 19.4. The van der Waals surface area contributed by atoms with Gasteiger partial charge < -0.3 is 5.73 Å². The Morgan fingerprint density at radius 1 is 1.05 bits per heavy atom. The van der Waals surface area contributed by atoms with Crippen LogP contribution < -0.4 is 5.73 Å². The topological polar surface area (TPSA) is 93.4 Å². The number of aromatic amines is 1. The Bertz CT molecular complexity index is 762. The molecule has 3 aromatic rings. The van der Waals surface area contributed by atoms with Crippen LogP contribution in [0.4, 0.5) is 19.0 Å². The molecular formula is C11H7F3N6. The van der Waals surface area contributed by atoms with Gasteiger partial charge in [0.2, 0.25) is 0 Å². The average Bonchev–Trinajstić information content (AvgIpc) is 2.80. The quantitative estimate of drug-likeness (QED) is 0.711. The maximum absolute atomic E-state index is 12.5. The minimum absolute atomic E-state index is 0.111. The summed E-state index contributed by atoms with van der Waals surface area (Å²) in [6.07, 6.45) is -0.0900. The molecule has 0 aromatic carbocycles. The van der Waals surface area contributed by atoms with Crippen molar-refractivity contribution in [2.24, 2.45) is 0 Å². The second-order valence-corrected chi connectivity index (χ2v) is 4.01. The van der Waals surface area contributed by atoms with Crippen molar-refractivity contribution in [2.75, 3.05) is 5.73 Å². The third-order valence-corrected chi connectivity index (χ3v) is 2.73. The van der Waals surface area contributed by atoms with Crippen LogP contribution in [0, 0.1) is 0 Å². The Balaban J connectivity index is 2.12. The molecule has 0 bridgehead atoms. The second-order valence-electron chi connectivity index (χ2n) is 4.01. The number of halogens is 3. The predicted molar refractivity (Wildman–Crippen MR) is 64.3 cm³/mol. The summed E-state index contributed by atoms with van der Waals surface area (Å²) >= 11 is 0. The molecule has 0 saturated carbocycles. The Morgan fingerprint density at radius 3 is 2.40 bits per heavy atom. The fourth-order valence-electron chi connectivity index (χ4n) is 1.73. The number of hydrogen-bond donors (Lipinski definition) is 2. The van der Waals surface area contributed by atoms with E-state index in [1.807, 2.05) is 0 Å². The maximum atomic E-state index is 12.5. The van der Waals surface area contributed by atoms with Gasteiger partial charge in [-0.25, -0.2) is 9.97 Å². The Hall–Kier alpha value is -2.71. The van der Waals surface area contributed by atoms with Crippen molar-refractivity contribution in [1.82, 2.24) is 25.1 Å². The zero-order valence-corrected chi connectivity index (χ0v) is 9.81. The van der Waals surface area contributed by atoms with Gasteiger partial charge in [-0.2, -0.15) is 18.3 Å². The molecule has 0 saturated heterocycles. The van der Waals surface area contributed by atoms with Gasteiger partial charge in [-0.15, -0.1) is 0 Å². The van der Waals surface area contributed by atoms with Gasteiger partial charge in [0.05, 0.1) is 22.0 Å². The summed E-state index contributed by atoms with van der Waals surface area (Å²) in [5, 5.41) is 7.06. The van der Waals surface area contributed by atoms with E-state index in [0.717, 1.165) is 12.4 Å². The van der Waals surface area contributed by atoms with E-state index in [1.54, 1.807) is 0 Å². The average molecular weight is 280 g/mol. The third-order valence-electron chi connectivity index (χ3n) is 2.73. The standard InChI is InChI=1S/C11H7F3N6/c12-11(13,14)5-1-17-10(18-2-5)7-4-16-3-6-8(7)19-20-9(6)15/h1-4H,(H3,15,19,20). The Morgan fingerprint density at radius 2 is 1.75 bits per heavy atom. The molecule has 0 unspecified atom stereocenters. The Kier molecular flexibility index (Phi) is 2.56. The molecule has 0 radical (unpaired) electrons. The highest BCUT2D eigenvalue weighted by Gasteiger charge is 2.31. The molecule has 20 heavy (non-hydrogen) atoms. The van der Waals surface area contributed by atoms with Crippen LogP contribution in [-0.4, -0.2) is 25.1 Å². The van der Waals surface area contributed by atoms with Gasteiger partial charge in [0.25, 0.3) is 0 Å². The summed E-state index contributed by atoms with van der Waals surface area (Å²) in [5.41, 5.74) is 5.68. The molecule has 0 aliphatic carbocycles. The van der Waals surface area contributed by atoms with E-state index in [9.17, 15) is 13.2 Å². The fraction of sp³-hybridized carbons (Fsp3) is 0.0909. The molecule has 9 heteroatoms. The van der Waals surface area contributed by atoms with Crippen LogP contribution in [0.2, 0.25) is 0 Å². The molecule has 3 rings (SSSR count). The molecule has 102 valence electrons. The summed E-state index contributed by atoms with van der Waals surface area (Å²) in [7, 11) is 0. The van der Waals surface area contributed by atoms with Gasteiger partial charge >= 0.3 is 6.18 Å². The number of nitrogens with zero attached hydrogens (tertiary/aromatic N) is 4. The number of alkyl halides is 3. The van der Waals surface area contributed by atoms with Crippen LogP contribution >= 0.6 is 0 Å². The number of anilines is 1.